The molecular formula is C38H31ClFN5O10. The fraction of sp³-hybridized carbons (Fsp3) is 0.316. The molecule has 17 heteroatoms. The summed E-state index contributed by atoms with van der Waals surface area (Å²) < 4.78 is 20.2. The molecule has 2 saturated heterocycles. The van der Waals surface area contributed by atoms with Gasteiger partial charge in [-0.1, -0.05) is 23.3 Å². The Morgan fingerprint density at radius 3 is 2.25 bits per heavy atom. The molecule has 3 heterocycles. The first-order chi connectivity index (χ1) is 26.0. The number of hydrogen-bond donors (Lipinski definition) is 1. The third-order valence-corrected chi connectivity index (χ3v) is 12.0. The molecule has 3 aliphatic heterocycles. The van der Waals surface area contributed by atoms with E-state index in [1.807, 2.05) is 0 Å². The zero-order valence-electron chi connectivity index (χ0n) is 29.4. The molecule has 5 aliphatic rings. The van der Waals surface area contributed by atoms with Gasteiger partial charge in [-0.05, 0) is 67.7 Å². The first-order valence-corrected chi connectivity index (χ1v) is 17.6. The number of imide groups is 2. The van der Waals surface area contributed by atoms with Crippen LogP contribution in [0.4, 0.5) is 32.8 Å². The molecule has 0 spiro atoms. The molecule has 4 amide bonds. The van der Waals surface area contributed by atoms with Crippen LogP contribution in [0.5, 0.6) is 11.5 Å². The van der Waals surface area contributed by atoms with E-state index in [1.165, 1.54) is 49.5 Å². The number of nitro benzene ring substituents is 2. The molecule has 0 radical (unpaired) electrons. The Labute approximate surface area is 316 Å². The van der Waals surface area contributed by atoms with Gasteiger partial charge in [0.2, 0.25) is 23.6 Å². The smallest absolute Gasteiger partial charge is 0.301 e. The fourth-order valence-corrected chi connectivity index (χ4v) is 9.60. The van der Waals surface area contributed by atoms with E-state index in [0.717, 1.165) is 28.0 Å². The highest BCUT2D eigenvalue weighted by Crippen LogP contribution is 2.63. The van der Waals surface area contributed by atoms with Crippen molar-refractivity contribution in [2.75, 3.05) is 28.8 Å². The minimum atomic E-state index is -1.47. The number of aromatic hydroxyl groups is 1. The zero-order valence-corrected chi connectivity index (χ0v) is 30.2. The summed E-state index contributed by atoms with van der Waals surface area (Å²) in [5.74, 6) is -7.75. The molecule has 3 aromatic rings. The number of anilines is 3. The van der Waals surface area contributed by atoms with Crippen molar-refractivity contribution in [3.05, 3.63) is 109 Å². The number of ether oxygens (including phenoxy) is 1. The van der Waals surface area contributed by atoms with Gasteiger partial charge in [0.05, 0.1) is 55.7 Å². The second kappa shape index (κ2) is 12.4. The second-order valence-electron chi connectivity index (χ2n) is 14.8. The van der Waals surface area contributed by atoms with Gasteiger partial charge < -0.3 is 14.7 Å². The quantitative estimate of drug-likeness (QED) is 0.137. The fourth-order valence-electron chi connectivity index (χ4n) is 9.43. The van der Waals surface area contributed by atoms with Crippen molar-refractivity contribution in [2.24, 2.45) is 35.0 Å². The van der Waals surface area contributed by atoms with Crippen molar-refractivity contribution in [1.29, 1.82) is 0 Å². The normalized spacial score (nSPS) is 26.7. The highest BCUT2D eigenvalue weighted by Gasteiger charge is 2.68. The molecular weight excluding hydrogens is 741 g/mol. The summed E-state index contributed by atoms with van der Waals surface area (Å²) in [6.45, 7) is 1.66. The Morgan fingerprint density at radius 2 is 1.62 bits per heavy atom. The van der Waals surface area contributed by atoms with Crippen LogP contribution < -0.4 is 19.4 Å². The Kier molecular flexibility index (Phi) is 8.11. The Hall–Kier alpha value is -6.16. The van der Waals surface area contributed by atoms with E-state index in [-0.39, 0.29) is 47.1 Å². The van der Waals surface area contributed by atoms with E-state index >= 15 is 0 Å². The van der Waals surface area contributed by atoms with Crippen molar-refractivity contribution in [2.45, 2.75) is 26.2 Å². The molecule has 3 aromatic carbocycles. The number of phenolic OH excluding ortho intramolecular Hbond substituents is 1. The number of nitrogens with zero attached hydrogens (tertiary/aromatic N) is 5. The third-order valence-electron chi connectivity index (χ3n) is 11.7. The number of rotatable bonds is 6. The predicted molar refractivity (Wildman–Crippen MR) is 194 cm³/mol. The van der Waals surface area contributed by atoms with E-state index in [9.17, 15) is 48.9 Å². The van der Waals surface area contributed by atoms with Crippen molar-refractivity contribution >= 4 is 63.7 Å². The lowest BCUT2D eigenvalue weighted by Gasteiger charge is -2.49. The van der Waals surface area contributed by atoms with Crippen LogP contribution in [0, 0.1) is 61.1 Å². The molecule has 1 saturated carbocycles. The average molecular weight is 772 g/mol. The van der Waals surface area contributed by atoms with E-state index in [4.69, 9.17) is 16.3 Å². The summed E-state index contributed by atoms with van der Waals surface area (Å²) in [5, 5.41) is 34.3. The monoisotopic (exact) mass is 771 g/mol. The molecule has 55 heavy (non-hydrogen) atoms. The summed E-state index contributed by atoms with van der Waals surface area (Å²) in [6.07, 6.45) is 3.47. The third kappa shape index (κ3) is 5.14. The minimum Gasteiger partial charge on any atom is -0.508 e. The largest absolute Gasteiger partial charge is 0.508 e. The number of hydrogen-bond acceptors (Lipinski definition) is 11. The van der Waals surface area contributed by atoms with Crippen molar-refractivity contribution < 1.29 is 43.3 Å². The standard InChI is InChI=1S/C38H31ClFN5O10/c1-38-25(35(48)43(37(38)50)19-4-8-27(40)26(39)12-19)15-24-22(32(38)18-10-17-11-21(46)5-9-30(17)55-16-18)6-7-23-31(24)36(49)42(34(23)47)20-13-28(44(51)52)33(41(2)3)29(14-20)45(53)54/h4-6,8-9,11-14,16,23-25,31-32,46H,7,10,15H2,1-3H3. The van der Waals surface area contributed by atoms with Gasteiger partial charge >= 0.3 is 11.4 Å². The maximum Gasteiger partial charge on any atom is 0.301 e. The molecule has 0 aromatic heterocycles. The lowest BCUT2D eigenvalue weighted by molar-refractivity contribution is -0.392. The van der Waals surface area contributed by atoms with Gasteiger partial charge in [0.15, 0.2) is 5.69 Å². The molecule has 8 rings (SSSR count). The average Bonchev–Trinajstić information content (AvgIpc) is 3.51. The van der Waals surface area contributed by atoms with E-state index in [0.29, 0.717) is 22.5 Å². The molecule has 282 valence electrons. The topological polar surface area (TPSA) is 194 Å². The maximum absolute atomic E-state index is 14.7. The number of nitro groups is 2. The van der Waals surface area contributed by atoms with Gasteiger partial charge in [-0.3, -0.25) is 39.4 Å². The second-order valence-corrected chi connectivity index (χ2v) is 15.2. The summed E-state index contributed by atoms with van der Waals surface area (Å²) >= 11 is 6.09. The Bertz CT molecular complexity index is 2350. The number of benzene rings is 3. The van der Waals surface area contributed by atoms with Crippen LogP contribution in [0.3, 0.4) is 0 Å². The van der Waals surface area contributed by atoms with Crippen LogP contribution in [-0.4, -0.2) is 52.7 Å². The summed E-state index contributed by atoms with van der Waals surface area (Å²) in [4.78, 5) is 83.5. The first-order valence-electron chi connectivity index (χ1n) is 17.3. The van der Waals surface area contributed by atoms with Gasteiger partial charge in [-0.15, -0.1) is 0 Å². The van der Waals surface area contributed by atoms with E-state index in [2.05, 4.69) is 0 Å². The maximum atomic E-state index is 14.7. The summed E-state index contributed by atoms with van der Waals surface area (Å²) in [7, 11) is 2.79. The van der Waals surface area contributed by atoms with E-state index < -0.39 is 85.7 Å². The minimum absolute atomic E-state index is 0.0188. The molecule has 1 N–H and O–H groups in total. The molecule has 3 fully saturated rings. The number of carbonyl (C=O) groups is 4. The molecule has 15 nitrogen and oxygen atoms in total. The Morgan fingerprint density at radius 1 is 0.927 bits per heavy atom. The lowest BCUT2D eigenvalue weighted by atomic mass is 9.51. The van der Waals surface area contributed by atoms with Gasteiger partial charge in [-0.2, -0.15) is 0 Å². The number of allylic oxidation sites excluding steroid dienone is 3. The van der Waals surface area contributed by atoms with Gasteiger partial charge in [0, 0.05) is 44.1 Å². The van der Waals surface area contributed by atoms with Gasteiger partial charge in [0.1, 0.15) is 17.3 Å². The van der Waals surface area contributed by atoms with Crippen molar-refractivity contribution in [3.63, 3.8) is 0 Å². The highest BCUT2D eigenvalue weighted by atomic mass is 35.5. The van der Waals surface area contributed by atoms with Gasteiger partial charge in [0.25, 0.3) is 0 Å². The Balaban J connectivity index is 1.25. The molecule has 2 aliphatic carbocycles. The number of amides is 4. The highest BCUT2D eigenvalue weighted by molar-refractivity contribution is 6.32. The van der Waals surface area contributed by atoms with Crippen molar-refractivity contribution in [1.82, 2.24) is 0 Å². The molecule has 6 unspecified atom stereocenters. The SMILES string of the molecule is CN(C)c1c([N+](=O)[O-])cc(N2C(=O)C3CC=C4C(CC5C(=O)N(c6ccc(F)c(Cl)c6)C(=O)C5(C)C4C4=COc5ccc(O)cc5C4)C3C2=O)cc1[N+](=O)[O-]. The summed E-state index contributed by atoms with van der Waals surface area (Å²) in [6, 6.07) is 10.0. The summed E-state index contributed by atoms with van der Waals surface area (Å²) in [5.41, 5.74) is -1.63. The van der Waals surface area contributed by atoms with Crippen LogP contribution in [0.1, 0.15) is 25.3 Å². The van der Waals surface area contributed by atoms with Crippen LogP contribution in [0.15, 0.2) is 72.0 Å². The van der Waals surface area contributed by atoms with Crippen LogP contribution in [0.25, 0.3) is 0 Å². The van der Waals surface area contributed by atoms with E-state index in [1.54, 1.807) is 19.1 Å². The van der Waals surface area contributed by atoms with Crippen molar-refractivity contribution in [3.8, 4) is 11.5 Å². The number of carbonyl (C=O) groups excluding carboxylic acids is 4. The number of phenols is 1. The molecule has 0 bridgehead atoms. The lowest BCUT2D eigenvalue weighted by Crippen LogP contribution is -2.51. The van der Waals surface area contributed by atoms with Crippen LogP contribution >= 0.6 is 11.6 Å². The first kappa shape index (κ1) is 35.8. The molecule has 6 atom stereocenters. The predicted octanol–water partition coefficient (Wildman–Crippen LogP) is 5.85. The van der Waals surface area contributed by atoms with Crippen LogP contribution in [0.2, 0.25) is 5.02 Å². The number of halogens is 2. The van der Waals surface area contributed by atoms with Gasteiger partial charge in [-0.25, -0.2) is 14.2 Å². The zero-order chi connectivity index (χ0) is 39.4. The number of fused-ring (bicyclic) bond motifs is 5. The van der Waals surface area contributed by atoms with Crippen LogP contribution in [-0.2, 0) is 25.6 Å².